The van der Waals surface area contributed by atoms with Crippen LogP contribution in [0.25, 0.3) is 5.57 Å². The quantitative estimate of drug-likeness (QED) is 0.245. The van der Waals surface area contributed by atoms with Crippen LogP contribution in [0.4, 0.5) is 17.6 Å². The topological polar surface area (TPSA) is 16.1 Å². The summed E-state index contributed by atoms with van der Waals surface area (Å²) in [5.74, 6) is -0.180. The van der Waals surface area contributed by atoms with Crippen LogP contribution in [-0.2, 0) is 12.6 Å². The molecule has 1 aliphatic rings. The summed E-state index contributed by atoms with van der Waals surface area (Å²) >= 11 is 0. The molecule has 1 aromatic heterocycles. The van der Waals surface area contributed by atoms with E-state index in [4.69, 9.17) is 0 Å². The summed E-state index contributed by atoms with van der Waals surface area (Å²) in [5, 5.41) is 0. The highest BCUT2D eigenvalue weighted by Gasteiger charge is 2.32. The number of aromatic nitrogens is 1. The van der Waals surface area contributed by atoms with E-state index in [-0.39, 0.29) is 5.82 Å². The van der Waals surface area contributed by atoms with Crippen LogP contribution >= 0.6 is 0 Å². The molecule has 0 N–H and O–H groups in total. The number of rotatable bonds is 5. The third kappa shape index (κ3) is 14.5. The van der Waals surface area contributed by atoms with E-state index >= 15 is 0 Å². The first-order valence-electron chi connectivity index (χ1n) is 15.6. The van der Waals surface area contributed by atoms with Crippen LogP contribution in [0.1, 0.15) is 120 Å². The highest BCUT2D eigenvalue weighted by atomic mass is 19.4. The predicted octanol–water partition coefficient (Wildman–Crippen LogP) is 12.6. The lowest BCUT2D eigenvalue weighted by Gasteiger charge is -2.26. The van der Waals surface area contributed by atoms with Gasteiger partial charge in [-0.3, -0.25) is 4.98 Å². The summed E-state index contributed by atoms with van der Waals surface area (Å²) in [5.41, 5.74) is 9.45. The van der Waals surface area contributed by atoms with Crippen molar-refractivity contribution in [3.05, 3.63) is 105 Å². The summed E-state index contributed by atoms with van der Waals surface area (Å²) in [6.07, 6.45) is 4.67. The van der Waals surface area contributed by atoms with Gasteiger partial charge in [-0.25, -0.2) is 4.39 Å². The van der Waals surface area contributed by atoms with Gasteiger partial charge in [0.25, 0.3) is 0 Å². The molecule has 0 bridgehead atoms. The van der Waals surface area contributed by atoms with Gasteiger partial charge in [0.2, 0.25) is 0 Å². The van der Waals surface area contributed by atoms with E-state index < -0.39 is 11.9 Å². The van der Waals surface area contributed by atoms with E-state index in [2.05, 4.69) is 98.2 Å². The zero-order valence-corrected chi connectivity index (χ0v) is 29.4. The number of aryl methyl sites for hydroxylation is 1. The zero-order chi connectivity index (χ0) is 34.3. The maximum atomic E-state index is 12.5. The Hall–Kier alpha value is -3.15. The number of hydrogen-bond acceptors (Lipinski definition) is 2. The van der Waals surface area contributed by atoms with Crippen LogP contribution in [-0.4, -0.2) is 16.4 Å². The van der Waals surface area contributed by atoms with E-state index in [9.17, 15) is 17.6 Å². The van der Waals surface area contributed by atoms with Gasteiger partial charge >= 0.3 is 6.18 Å². The number of alkyl halides is 3. The molecule has 1 aliphatic heterocycles. The molecule has 0 spiro atoms. The molecule has 0 saturated heterocycles. The summed E-state index contributed by atoms with van der Waals surface area (Å²) in [7, 11) is 0. The molecule has 0 aliphatic carbocycles. The van der Waals surface area contributed by atoms with Gasteiger partial charge in [0.15, 0.2) is 0 Å². The Morgan fingerprint density at radius 1 is 0.909 bits per heavy atom. The lowest BCUT2D eigenvalue weighted by Crippen LogP contribution is -2.24. The van der Waals surface area contributed by atoms with Crippen molar-refractivity contribution in [3.63, 3.8) is 0 Å². The molecule has 0 unspecified atom stereocenters. The third-order valence-corrected chi connectivity index (χ3v) is 7.19. The number of nitrogens with zero attached hydrogens (tertiary/aromatic N) is 2. The van der Waals surface area contributed by atoms with Crippen LogP contribution in [0, 0.1) is 11.2 Å². The minimum Gasteiger partial charge on any atom is -0.348 e. The van der Waals surface area contributed by atoms with Gasteiger partial charge in [-0.2, -0.15) is 13.2 Å². The Morgan fingerprint density at radius 3 is 1.82 bits per heavy atom. The van der Waals surface area contributed by atoms with Crippen LogP contribution in [0.3, 0.4) is 0 Å². The van der Waals surface area contributed by atoms with Gasteiger partial charge in [-0.1, -0.05) is 89.5 Å². The van der Waals surface area contributed by atoms with E-state index in [1.54, 1.807) is 12.1 Å². The molecule has 2 nitrogen and oxygen atoms in total. The molecule has 0 saturated carbocycles. The van der Waals surface area contributed by atoms with Gasteiger partial charge in [0, 0.05) is 29.6 Å². The fraction of sp³-hybridized carbons (Fsp3) is 0.500. The SMILES string of the molecule is CC(C)=C(C)c1ccc(F)cc1.CC/C=C(C)/C(C)=C(/C)N1CC(C)(C)C=C1C.CCC.CCc1ccc(C(F)(F)F)nc1. The second kappa shape index (κ2) is 19.3. The molecular formula is C38H56F4N2. The molecule has 1 aromatic carbocycles. The smallest absolute Gasteiger partial charge is 0.348 e. The Balaban J connectivity index is 0.000000614. The summed E-state index contributed by atoms with van der Waals surface area (Å²) in [6.45, 7) is 29.0. The Kier molecular flexibility index (Phi) is 17.9. The minimum atomic E-state index is -4.33. The Labute approximate surface area is 265 Å². The van der Waals surface area contributed by atoms with Crippen molar-refractivity contribution in [2.24, 2.45) is 5.41 Å². The average molecular weight is 617 g/mol. The standard InChI is InChI=1S/C16H27N.C11H13F.C8H8F3N.C3H8/c1-8-9-12(2)14(4)15(5)17-11-16(6,7)10-13(17)3;1-8(2)9(3)10-4-6-11(12)7-5-10;1-2-6-3-4-7(12-5-6)8(9,10)11;1-3-2/h9-10H,8,11H2,1-7H3;4-7H,1-3H3;3-5H,2H2,1H3;3H2,1-2H3/b12-9+,15-14-;;;. The predicted molar refractivity (Wildman–Crippen MR) is 182 cm³/mol. The van der Waals surface area contributed by atoms with Gasteiger partial charge in [0.1, 0.15) is 11.5 Å². The Morgan fingerprint density at radius 2 is 1.45 bits per heavy atom. The molecule has 0 amide bonds. The maximum Gasteiger partial charge on any atom is 0.433 e. The highest BCUT2D eigenvalue weighted by molar-refractivity contribution is 5.65. The number of benzene rings is 1. The molecule has 6 heteroatoms. The van der Waals surface area contributed by atoms with Crippen molar-refractivity contribution in [1.29, 1.82) is 0 Å². The van der Waals surface area contributed by atoms with Crippen molar-refractivity contribution in [2.75, 3.05) is 6.54 Å². The lowest BCUT2D eigenvalue weighted by atomic mass is 9.95. The van der Waals surface area contributed by atoms with Gasteiger partial charge in [-0.05, 0) is 102 Å². The monoisotopic (exact) mass is 616 g/mol. The first-order chi connectivity index (χ1) is 20.3. The minimum absolute atomic E-state index is 0.180. The first kappa shape index (κ1) is 40.9. The first-order valence-corrected chi connectivity index (χ1v) is 15.6. The third-order valence-electron chi connectivity index (χ3n) is 7.19. The molecule has 44 heavy (non-hydrogen) atoms. The normalized spacial score (nSPS) is 14.5. The van der Waals surface area contributed by atoms with E-state index in [1.165, 1.54) is 64.5 Å². The van der Waals surface area contributed by atoms with Crippen LogP contribution in [0.5, 0.6) is 0 Å². The number of allylic oxidation sites excluding steroid dienone is 7. The van der Waals surface area contributed by atoms with Crippen LogP contribution < -0.4 is 0 Å². The Bertz CT molecular complexity index is 1260. The van der Waals surface area contributed by atoms with E-state index in [1.807, 2.05) is 13.8 Å². The molecular weight excluding hydrogens is 560 g/mol. The number of halogens is 4. The van der Waals surface area contributed by atoms with Crippen molar-refractivity contribution in [2.45, 2.75) is 115 Å². The molecule has 3 rings (SSSR count). The van der Waals surface area contributed by atoms with E-state index in [0.717, 1.165) is 30.2 Å². The van der Waals surface area contributed by atoms with Gasteiger partial charge in [-0.15, -0.1) is 0 Å². The highest BCUT2D eigenvalue weighted by Crippen LogP contribution is 2.34. The summed E-state index contributed by atoms with van der Waals surface area (Å²) in [6, 6.07) is 9.02. The number of pyridine rings is 1. The molecule has 246 valence electrons. The fourth-order valence-electron chi connectivity index (χ4n) is 4.34. The van der Waals surface area contributed by atoms with Crippen molar-refractivity contribution < 1.29 is 17.6 Å². The van der Waals surface area contributed by atoms with Crippen molar-refractivity contribution in [3.8, 4) is 0 Å². The second-order valence-electron chi connectivity index (χ2n) is 12.1. The molecule has 0 fully saturated rings. The van der Waals surface area contributed by atoms with Crippen LogP contribution in [0.15, 0.2) is 82.9 Å². The zero-order valence-electron chi connectivity index (χ0n) is 29.4. The summed E-state index contributed by atoms with van der Waals surface area (Å²) < 4.78 is 48.4. The molecule has 2 aromatic rings. The average Bonchev–Trinajstić information content (AvgIpc) is 3.24. The molecule has 0 atom stereocenters. The van der Waals surface area contributed by atoms with Crippen molar-refractivity contribution in [1.82, 2.24) is 9.88 Å². The van der Waals surface area contributed by atoms with Crippen LogP contribution in [0.2, 0.25) is 0 Å². The van der Waals surface area contributed by atoms with E-state index in [0.29, 0.717) is 11.8 Å². The molecule has 0 radical (unpaired) electrons. The van der Waals surface area contributed by atoms with Gasteiger partial charge in [0.05, 0.1) is 0 Å². The fourth-order valence-corrected chi connectivity index (χ4v) is 4.34. The largest absolute Gasteiger partial charge is 0.433 e. The number of hydrogen-bond donors (Lipinski definition) is 0. The van der Waals surface area contributed by atoms with Gasteiger partial charge < -0.3 is 4.90 Å². The lowest BCUT2D eigenvalue weighted by molar-refractivity contribution is -0.141. The maximum absolute atomic E-state index is 12.5. The molecule has 2 heterocycles. The second-order valence-corrected chi connectivity index (χ2v) is 12.1. The van der Waals surface area contributed by atoms with Crippen molar-refractivity contribution >= 4 is 5.57 Å². The summed E-state index contributed by atoms with van der Waals surface area (Å²) in [4.78, 5) is 5.74.